The summed E-state index contributed by atoms with van der Waals surface area (Å²) in [5.74, 6) is 0. The number of nitrogens with zero attached hydrogens (tertiary/aromatic N) is 1. The van der Waals surface area contributed by atoms with Gasteiger partial charge in [-0.05, 0) is 18.6 Å². The van der Waals surface area contributed by atoms with Gasteiger partial charge in [-0.2, -0.15) is 13.2 Å². The highest BCUT2D eigenvalue weighted by molar-refractivity contribution is 6.33. The molecule has 0 unspecified atom stereocenters. The largest absolute Gasteiger partial charge is 0.405 e. The molecule has 0 atom stereocenters. The fourth-order valence-electron chi connectivity index (χ4n) is 1.57. The molecule has 1 rings (SSSR count). The molecule has 17 heavy (non-hydrogen) atoms. The van der Waals surface area contributed by atoms with Crippen molar-refractivity contribution in [3.63, 3.8) is 0 Å². The fourth-order valence-corrected chi connectivity index (χ4v) is 1.74. The van der Waals surface area contributed by atoms with E-state index in [9.17, 15) is 13.2 Å². The van der Waals surface area contributed by atoms with Crippen molar-refractivity contribution in [3.8, 4) is 0 Å². The molecular formula is C11H14ClF3N2. The molecule has 2 nitrogen and oxygen atoms in total. The number of nitrogens with two attached hydrogens (primary N) is 1. The Morgan fingerprint density at radius 1 is 1.35 bits per heavy atom. The second-order valence-electron chi connectivity index (χ2n) is 3.71. The summed E-state index contributed by atoms with van der Waals surface area (Å²) in [6.45, 7) is 1.07. The molecule has 0 aliphatic heterocycles. The maximum atomic E-state index is 12.4. The summed E-state index contributed by atoms with van der Waals surface area (Å²) in [6.07, 6.45) is -3.66. The van der Waals surface area contributed by atoms with Gasteiger partial charge in [-0.1, -0.05) is 24.6 Å². The van der Waals surface area contributed by atoms with Crippen LogP contribution in [0.3, 0.4) is 0 Å². The van der Waals surface area contributed by atoms with Crippen molar-refractivity contribution in [3.05, 3.63) is 23.2 Å². The Balaban J connectivity index is 3.01. The van der Waals surface area contributed by atoms with Crippen LogP contribution in [0.5, 0.6) is 0 Å². The van der Waals surface area contributed by atoms with Gasteiger partial charge in [-0.15, -0.1) is 0 Å². The lowest BCUT2D eigenvalue weighted by molar-refractivity contribution is -0.119. The molecule has 0 aliphatic rings. The Hall–Kier alpha value is -1.10. The predicted molar refractivity (Wildman–Crippen MR) is 64.4 cm³/mol. The number of benzene rings is 1. The topological polar surface area (TPSA) is 29.3 Å². The van der Waals surface area contributed by atoms with Gasteiger partial charge >= 0.3 is 6.18 Å². The van der Waals surface area contributed by atoms with Crippen LogP contribution in [0.25, 0.3) is 0 Å². The van der Waals surface area contributed by atoms with Crippen molar-refractivity contribution < 1.29 is 13.2 Å². The quantitative estimate of drug-likeness (QED) is 0.842. The highest BCUT2D eigenvalue weighted by Crippen LogP contribution is 2.32. The van der Waals surface area contributed by atoms with Crippen LogP contribution in [0.1, 0.15) is 13.3 Å². The summed E-state index contributed by atoms with van der Waals surface area (Å²) in [5, 5.41) is 0.269. The van der Waals surface area contributed by atoms with Crippen molar-refractivity contribution in [1.82, 2.24) is 0 Å². The molecule has 6 heteroatoms. The monoisotopic (exact) mass is 266 g/mol. The number of nitrogen functional groups attached to an aromatic ring is 1. The third-order valence-electron chi connectivity index (χ3n) is 2.23. The highest BCUT2D eigenvalue weighted by atomic mass is 35.5. The van der Waals surface area contributed by atoms with Gasteiger partial charge in [0.05, 0.1) is 16.4 Å². The molecule has 0 saturated heterocycles. The summed E-state index contributed by atoms with van der Waals surface area (Å²) in [6, 6.07) is 4.69. The minimum absolute atomic E-state index is 0.187. The van der Waals surface area contributed by atoms with Crippen molar-refractivity contribution >= 4 is 23.0 Å². The number of halogens is 4. The van der Waals surface area contributed by atoms with E-state index < -0.39 is 12.7 Å². The molecule has 0 saturated carbocycles. The lowest BCUT2D eigenvalue weighted by Gasteiger charge is -2.27. The second-order valence-corrected chi connectivity index (χ2v) is 4.12. The Labute approximate surface area is 103 Å². The van der Waals surface area contributed by atoms with Crippen LogP contribution in [0.4, 0.5) is 24.5 Å². The van der Waals surface area contributed by atoms with E-state index in [0.29, 0.717) is 12.1 Å². The first-order chi connectivity index (χ1) is 7.85. The molecular weight excluding hydrogens is 253 g/mol. The van der Waals surface area contributed by atoms with E-state index in [1.807, 2.05) is 6.92 Å². The van der Waals surface area contributed by atoms with Gasteiger partial charge in [-0.3, -0.25) is 0 Å². The lowest BCUT2D eigenvalue weighted by atomic mass is 10.2. The van der Waals surface area contributed by atoms with Crippen molar-refractivity contribution in [1.29, 1.82) is 0 Å². The molecule has 0 heterocycles. The van der Waals surface area contributed by atoms with E-state index in [4.69, 9.17) is 17.3 Å². The van der Waals surface area contributed by atoms with E-state index in [2.05, 4.69) is 0 Å². The van der Waals surface area contributed by atoms with Crippen molar-refractivity contribution in [2.75, 3.05) is 23.7 Å². The van der Waals surface area contributed by atoms with Crippen LogP contribution in [0.15, 0.2) is 18.2 Å². The van der Waals surface area contributed by atoms with Gasteiger partial charge in [0, 0.05) is 6.54 Å². The number of anilines is 2. The zero-order chi connectivity index (χ0) is 13.1. The van der Waals surface area contributed by atoms with E-state index in [1.165, 1.54) is 4.90 Å². The first-order valence-electron chi connectivity index (χ1n) is 5.21. The van der Waals surface area contributed by atoms with Gasteiger partial charge in [0.25, 0.3) is 0 Å². The number of alkyl halides is 3. The molecule has 1 aromatic carbocycles. The number of hydrogen-bond donors (Lipinski definition) is 1. The van der Waals surface area contributed by atoms with Gasteiger partial charge in [0.2, 0.25) is 0 Å². The van der Waals surface area contributed by atoms with Crippen LogP contribution in [0, 0.1) is 0 Å². The molecule has 1 aromatic rings. The zero-order valence-electron chi connectivity index (χ0n) is 9.39. The lowest BCUT2D eigenvalue weighted by Crippen LogP contribution is -2.35. The Kier molecular flexibility index (Phi) is 4.51. The highest BCUT2D eigenvalue weighted by Gasteiger charge is 2.31. The average Bonchev–Trinajstić information content (AvgIpc) is 2.19. The molecule has 96 valence electrons. The fraction of sp³-hybridized carbons (Fsp3) is 0.455. The Bertz CT molecular complexity index is 379. The normalized spacial score (nSPS) is 11.6. The molecule has 0 bridgehead atoms. The first kappa shape index (κ1) is 14.0. The number of para-hydroxylation sites is 1. The second kappa shape index (κ2) is 5.49. The maximum absolute atomic E-state index is 12.4. The average molecular weight is 267 g/mol. The maximum Gasteiger partial charge on any atom is 0.405 e. The molecule has 0 spiro atoms. The molecule has 0 aromatic heterocycles. The van der Waals surface area contributed by atoms with Crippen LogP contribution in [-0.2, 0) is 0 Å². The molecule has 0 aliphatic carbocycles. The van der Waals surface area contributed by atoms with Gasteiger partial charge in [-0.25, -0.2) is 0 Å². The standard InChI is InChI=1S/C11H14ClF3N2/c1-2-6-17(7-11(13,14)15)9-5-3-4-8(12)10(9)16/h3-5H,2,6-7,16H2,1H3. The molecule has 0 fully saturated rings. The molecule has 2 N–H and O–H groups in total. The minimum atomic E-state index is -4.26. The summed E-state index contributed by atoms with van der Waals surface area (Å²) in [4.78, 5) is 1.20. The van der Waals surface area contributed by atoms with E-state index >= 15 is 0 Å². The molecule has 0 radical (unpaired) electrons. The summed E-state index contributed by atoms with van der Waals surface area (Å²) < 4.78 is 37.3. The Morgan fingerprint density at radius 2 is 2.00 bits per heavy atom. The molecule has 0 amide bonds. The minimum Gasteiger partial charge on any atom is -0.396 e. The summed E-state index contributed by atoms with van der Waals surface area (Å²) in [7, 11) is 0. The van der Waals surface area contributed by atoms with E-state index in [-0.39, 0.29) is 17.3 Å². The SMILES string of the molecule is CCCN(CC(F)(F)F)c1cccc(Cl)c1N. The van der Waals surface area contributed by atoms with Crippen LogP contribution in [0.2, 0.25) is 5.02 Å². The van der Waals surface area contributed by atoms with Crippen LogP contribution in [-0.4, -0.2) is 19.3 Å². The van der Waals surface area contributed by atoms with Crippen LogP contribution >= 0.6 is 11.6 Å². The van der Waals surface area contributed by atoms with Crippen molar-refractivity contribution in [2.45, 2.75) is 19.5 Å². The summed E-state index contributed by atoms with van der Waals surface area (Å²) >= 11 is 5.80. The third-order valence-corrected chi connectivity index (χ3v) is 2.56. The van der Waals surface area contributed by atoms with Crippen LogP contribution < -0.4 is 10.6 Å². The first-order valence-corrected chi connectivity index (χ1v) is 5.58. The number of rotatable bonds is 4. The van der Waals surface area contributed by atoms with Gasteiger partial charge < -0.3 is 10.6 Å². The van der Waals surface area contributed by atoms with E-state index in [0.717, 1.165) is 0 Å². The van der Waals surface area contributed by atoms with Gasteiger partial charge in [0.15, 0.2) is 0 Å². The predicted octanol–water partition coefficient (Wildman–Crippen LogP) is 3.70. The van der Waals surface area contributed by atoms with Crippen molar-refractivity contribution in [2.24, 2.45) is 0 Å². The Morgan fingerprint density at radius 3 is 2.53 bits per heavy atom. The zero-order valence-corrected chi connectivity index (χ0v) is 10.1. The van der Waals surface area contributed by atoms with E-state index in [1.54, 1.807) is 18.2 Å². The summed E-state index contributed by atoms with van der Waals surface area (Å²) in [5.41, 5.74) is 6.21. The third kappa shape index (κ3) is 4.00. The van der Waals surface area contributed by atoms with Gasteiger partial charge in [0.1, 0.15) is 6.54 Å². The smallest absolute Gasteiger partial charge is 0.396 e. The number of hydrogen-bond acceptors (Lipinski definition) is 2.